The Hall–Kier alpha value is -2.06. The predicted octanol–water partition coefficient (Wildman–Crippen LogP) is 3.45. The fraction of sp³-hybridized carbons (Fsp3) is 0.300. The molecule has 28 heavy (non-hydrogen) atoms. The van der Waals surface area contributed by atoms with Gasteiger partial charge in [0.25, 0.3) is 5.91 Å². The van der Waals surface area contributed by atoms with Crippen LogP contribution in [-0.4, -0.2) is 59.2 Å². The van der Waals surface area contributed by atoms with Crippen molar-refractivity contribution in [3.8, 4) is 5.75 Å². The number of aromatic hydroxyl groups is 1. The molecule has 2 aromatic carbocycles. The summed E-state index contributed by atoms with van der Waals surface area (Å²) in [5.74, 6) is -0.243. The van der Waals surface area contributed by atoms with Crippen molar-refractivity contribution in [2.75, 3.05) is 33.2 Å². The second-order valence-electron chi connectivity index (χ2n) is 6.65. The molecule has 0 aliphatic carbocycles. The Bertz CT molecular complexity index is 882. The van der Waals surface area contributed by atoms with Crippen LogP contribution in [-0.2, 0) is 0 Å². The maximum absolute atomic E-state index is 12.5. The number of nitrogens with one attached hydrogen (secondary N) is 1. The first kappa shape index (κ1) is 20.7. The van der Waals surface area contributed by atoms with Crippen molar-refractivity contribution in [3.63, 3.8) is 0 Å². The average molecular weight is 419 g/mol. The molecule has 1 amide bonds. The molecule has 148 valence electrons. The van der Waals surface area contributed by atoms with Gasteiger partial charge in [-0.05, 0) is 62.3 Å². The molecule has 2 aromatic rings. The lowest BCUT2D eigenvalue weighted by atomic mass is 10.1. The Morgan fingerprint density at radius 2 is 1.93 bits per heavy atom. The van der Waals surface area contributed by atoms with E-state index in [1.165, 1.54) is 6.07 Å². The van der Waals surface area contributed by atoms with Crippen LogP contribution in [0.1, 0.15) is 22.8 Å². The molecule has 1 aliphatic heterocycles. The minimum atomic E-state index is -0.304. The molecule has 0 spiro atoms. The van der Waals surface area contributed by atoms with Gasteiger partial charge < -0.3 is 10.0 Å². The monoisotopic (exact) mass is 418 g/mol. The lowest BCUT2D eigenvalue weighted by molar-refractivity contribution is 0.0954. The molecule has 0 aromatic heterocycles. The molecule has 6 nitrogen and oxygen atoms in total. The number of piperazine rings is 1. The summed E-state index contributed by atoms with van der Waals surface area (Å²) < 4.78 is 2.31. The van der Waals surface area contributed by atoms with Crippen LogP contribution in [0, 0.1) is 0 Å². The summed E-state index contributed by atoms with van der Waals surface area (Å²) in [6.07, 6.45) is 0. The van der Waals surface area contributed by atoms with Crippen molar-refractivity contribution in [2.24, 2.45) is 5.10 Å². The fourth-order valence-electron chi connectivity index (χ4n) is 2.78. The van der Waals surface area contributed by atoms with E-state index in [9.17, 15) is 9.90 Å². The topological polar surface area (TPSA) is 68.2 Å². The van der Waals surface area contributed by atoms with Crippen LogP contribution in [0.4, 0.5) is 0 Å². The van der Waals surface area contributed by atoms with Crippen LogP contribution in [0.2, 0.25) is 5.02 Å². The van der Waals surface area contributed by atoms with Gasteiger partial charge in [-0.15, -0.1) is 0 Å². The standard InChI is InChI=1S/C20H23ClN4O2S/c1-14(18-13-16(21)6-7-19(18)26)22-23-20(27)15-4-3-5-17(12-15)28-25-10-8-24(2)9-11-25/h3-7,12-13,26H,8-11H2,1-2H3,(H,23,27)/b22-14+. The number of hydrazone groups is 1. The summed E-state index contributed by atoms with van der Waals surface area (Å²) in [7, 11) is 2.12. The molecule has 0 unspecified atom stereocenters. The Kier molecular flexibility index (Phi) is 6.96. The molecule has 3 rings (SSSR count). The molecule has 0 bridgehead atoms. The van der Waals surface area contributed by atoms with Gasteiger partial charge in [0.2, 0.25) is 0 Å². The number of benzene rings is 2. The van der Waals surface area contributed by atoms with E-state index in [1.807, 2.05) is 18.2 Å². The van der Waals surface area contributed by atoms with Crippen molar-refractivity contribution < 1.29 is 9.90 Å². The number of likely N-dealkylation sites (N-methyl/N-ethyl adjacent to an activating group) is 1. The summed E-state index contributed by atoms with van der Waals surface area (Å²) >= 11 is 7.63. The van der Waals surface area contributed by atoms with E-state index in [0.29, 0.717) is 21.9 Å². The van der Waals surface area contributed by atoms with Gasteiger partial charge in [0, 0.05) is 47.2 Å². The molecule has 0 saturated carbocycles. The Labute approximate surface area is 174 Å². The Morgan fingerprint density at radius 3 is 2.68 bits per heavy atom. The minimum absolute atomic E-state index is 0.0606. The number of rotatable bonds is 5. The van der Waals surface area contributed by atoms with Crippen molar-refractivity contribution >= 4 is 35.2 Å². The first-order chi connectivity index (χ1) is 13.4. The number of amides is 1. The van der Waals surface area contributed by atoms with E-state index < -0.39 is 0 Å². The van der Waals surface area contributed by atoms with Gasteiger partial charge >= 0.3 is 0 Å². The van der Waals surface area contributed by atoms with Gasteiger partial charge in [-0.2, -0.15) is 5.10 Å². The smallest absolute Gasteiger partial charge is 0.271 e. The summed E-state index contributed by atoms with van der Waals surface area (Å²) in [4.78, 5) is 15.8. The van der Waals surface area contributed by atoms with Gasteiger partial charge in [-0.3, -0.25) is 4.79 Å². The molecule has 1 aliphatic rings. The second kappa shape index (κ2) is 9.43. The molecule has 1 fully saturated rings. The van der Waals surface area contributed by atoms with E-state index in [4.69, 9.17) is 11.6 Å². The van der Waals surface area contributed by atoms with E-state index in [0.717, 1.165) is 31.1 Å². The summed E-state index contributed by atoms with van der Waals surface area (Å²) in [5.41, 5.74) is 4.03. The van der Waals surface area contributed by atoms with Crippen molar-refractivity contribution in [1.29, 1.82) is 0 Å². The average Bonchev–Trinajstić information content (AvgIpc) is 2.69. The van der Waals surface area contributed by atoms with Gasteiger partial charge in [0.05, 0.1) is 5.71 Å². The number of halogens is 1. The number of carbonyl (C=O) groups excluding carboxylic acids is 1. The summed E-state index contributed by atoms with van der Waals surface area (Å²) in [5, 5.41) is 14.5. The molecule has 1 heterocycles. The first-order valence-electron chi connectivity index (χ1n) is 8.97. The molecule has 2 N–H and O–H groups in total. The maximum atomic E-state index is 12.5. The quantitative estimate of drug-likeness (QED) is 0.442. The van der Waals surface area contributed by atoms with Crippen LogP contribution in [0.25, 0.3) is 0 Å². The van der Waals surface area contributed by atoms with Crippen LogP contribution < -0.4 is 5.43 Å². The Balaban J connectivity index is 1.65. The van der Waals surface area contributed by atoms with Crippen LogP contribution in [0.5, 0.6) is 5.75 Å². The first-order valence-corrected chi connectivity index (χ1v) is 10.1. The van der Waals surface area contributed by atoms with Crippen LogP contribution in [0.15, 0.2) is 52.5 Å². The number of phenols is 1. The summed E-state index contributed by atoms with van der Waals surface area (Å²) in [6, 6.07) is 12.2. The van der Waals surface area contributed by atoms with Crippen molar-refractivity contribution in [2.45, 2.75) is 11.8 Å². The van der Waals surface area contributed by atoms with Gasteiger partial charge in [0.15, 0.2) is 0 Å². The number of carbonyl (C=O) groups is 1. The van der Waals surface area contributed by atoms with Crippen molar-refractivity contribution in [3.05, 3.63) is 58.6 Å². The maximum Gasteiger partial charge on any atom is 0.271 e. The molecule has 0 radical (unpaired) electrons. The van der Waals surface area contributed by atoms with E-state index in [2.05, 4.69) is 26.8 Å². The number of hydrogen-bond acceptors (Lipinski definition) is 6. The number of nitrogens with zero attached hydrogens (tertiary/aromatic N) is 3. The second-order valence-corrected chi connectivity index (χ2v) is 8.26. The highest BCUT2D eigenvalue weighted by molar-refractivity contribution is 7.97. The highest BCUT2D eigenvalue weighted by Crippen LogP contribution is 2.25. The van der Waals surface area contributed by atoms with Crippen LogP contribution >= 0.6 is 23.5 Å². The Morgan fingerprint density at radius 1 is 1.18 bits per heavy atom. The third-order valence-corrected chi connectivity index (χ3v) is 5.79. The van der Waals surface area contributed by atoms with E-state index in [-0.39, 0.29) is 11.7 Å². The molecule has 8 heteroatoms. The van der Waals surface area contributed by atoms with Crippen LogP contribution in [0.3, 0.4) is 0 Å². The lowest BCUT2D eigenvalue weighted by Gasteiger charge is -2.31. The normalized spacial score (nSPS) is 16.2. The number of hydrogen-bond donors (Lipinski definition) is 2. The molecular formula is C20H23ClN4O2S. The highest BCUT2D eigenvalue weighted by Gasteiger charge is 2.15. The SMILES string of the molecule is C/C(=N\NC(=O)c1cccc(SN2CCN(C)CC2)c1)c1cc(Cl)ccc1O. The highest BCUT2D eigenvalue weighted by atomic mass is 35.5. The number of phenolic OH excluding ortho intramolecular Hbond substituents is 1. The largest absolute Gasteiger partial charge is 0.507 e. The van der Waals surface area contributed by atoms with Gasteiger partial charge in [-0.1, -0.05) is 17.7 Å². The molecular weight excluding hydrogens is 396 g/mol. The fourth-order valence-corrected chi connectivity index (χ4v) is 3.92. The van der Waals surface area contributed by atoms with Crippen molar-refractivity contribution in [1.82, 2.24) is 14.6 Å². The van der Waals surface area contributed by atoms with Gasteiger partial charge in [0.1, 0.15) is 5.75 Å². The third-order valence-electron chi connectivity index (χ3n) is 4.47. The zero-order valence-corrected chi connectivity index (χ0v) is 17.4. The van der Waals surface area contributed by atoms with Gasteiger partial charge in [-0.25, -0.2) is 9.73 Å². The van der Waals surface area contributed by atoms with E-state index >= 15 is 0 Å². The molecule has 1 saturated heterocycles. The zero-order chi connectivity index (χ0) is 20.1. The predicted molar refractivity (Wildman–Crippen MR) is 114 cm³/mol. The molecule has 0 atom stereocenters. The minimum Gasteiger partial charge on any atom is -0.507 e. The third kappa shape index (κ3) is 5.48. The summed E-state index contributed by atoms with van der Waals surface area (Å²) in [6.45, 7) is 5.76. The zero-order valence-electron chi connectivity index (χ0n) is 15.9. The lowest BCUT2D eigenvalue weighted by Crippen LogP contribution is -2.40. The van der Waals surface area contributed by atoms with E-state index in [1.54, 1.807) is 37.1 Å².